The maximum atomic E-state index is 12.6. The van der Waals surface area contributed by atoms with Gasteiger partial charge in [0, 0.05) is 5.92 Å². The second kappa shape index (κ2) is 6.44. The zero-order chi connectivity index (χ0) is 12.7. The van der Waals surface area contributed by atoms with Gasteiger partial charge >= 0.3 is 5.97 Å². The summed E-state index contributed by atoms with van der Waals surface area (Å²) in [6, 6.07) is 7.92. The molecule has 0 saturated carbocycles. The summed E-state index contributed by atoms with van der Waals surface area (Å²) in [5.41, 5.74) is -0.192. The fourth-order valence-electron chi connectivity index (χ4n) is 1.11. The molecule has 1 aromatic carbocycles. The maximum Gasteiger partial charge on any atom is 0.384 e. The number of rotatable bonds is 2. The summed E-state index contributed by atoms with van der Waals surface area (Å²) < 4.78 is 29.8. The van der Waals surface area contributed by atoms with Crippen molar-refractivity contribution in [3.05, 3.63) is 42.0 Å². The number of hydrogen-bond donors (Lipinski definition) is 0. The fraction of sp³-hybridized carbons (Fsp3) is 0.154. The van der Waals surface area contributed by atoms with Gasteiger partial charge in [0.05, 0.1) is 12.2 Å². The van der Waals surface area contributed by atoms with Gasteiger partial charge in [0.1, 0.15) is 0 Å². The third kappa shape index (κ3) is 4.07. The summed E-state index contributed by atoms with van der Waals surface area (Å²) in [5.74, 6) is 3.32. The van der Waals surface area contributed by atoms with Crippen LogP contribution in [0.2, 0.25) is 0 Å². The molecular weight excluding hydrogens is 226 g/mol. The van der Waals surface area contributed by atoms with Crippen LogP contribution in [-0.2, 0) is 9.53 Å². The lowest BCUT2D eigenvalue weighted by molar-refractivity contribution is -0.136. The predicted molar refractivity (Wildman–Crippen MR) is 60.0 cm³/mol. The molecule has 1 aromatic rings. The van der Waals surface area contributed by atoms with Crippen molar-refractivity contribution in [2.75, 3.05) is 6.61 Å². The summed E-state index contributed by atoms with van der Waals surface area (Å²) in [6.45, 7) is 1.78. The van der Waals surface area contributed by atoms with E-state index in [4.69, 9.17) is 0 Å². The van der Waals surface area contributed by atoms with Crippen molar-refractivity contribution >= 4 is 11.5 Å². The Bertz CT molecular complexity index is 477. The first kappa shape index (κ1) is 12.9. The highest BCUT2D eigenvalue weighted by Crippen LogP contribution is 2.19. The number of carbonyl (C=O) groups excluding carboxylic acids is 1. The van der Waals surface area contributed by atoms with E-state index in [1.165, 1.54) is 12.1 Å². The topological polar surface area (TPSA) is 26.3 Å². The van der Waals surface area contributed by atoms with Crippen LogP contribution in [-0.4, -0.2) is 12.6 Å². The first-order chi connectivity index (χ1) is 8.15. The van der Waals surface area contributed by atoms with Gasteiger partial charge in [-0.05, 0) is 18.4 Å². The summed E-state index contributed by atoms with van der Waals surface area (Å²) in [6.07, 6.45) is -1.92. The number of esters is 1. The van der Waals surface area contributed by atoms with E-state index in [-0.39, 0.29) is 12.2 Å². The van der Waals surface area contributed by atoms with Gasteiger partial charge in [0.15, 0.2) is 0 Å². The number of hydrogen-bond acceptors (Lipinski definition) is 2. The molecule has 0 aliphatic rings. The zero-order valence-electron chi connectivity index (χ0n) is 9.17. The summed E-state index contributed by atoms with van der Waals surface area (Å²) in [5, 5.41) is 0. The molecule has 4 heteroatoms. The van der Waals surface area contributed by atoms with Crippen LogP contribution in [0.4, 0.5) is 8.78 Å². The van der Waals surface area contributed by atoms with E-state index >= 15 is 0 Å². The summed E-state index contributed by atoms with van der Waals surface area (Å²) >= 11 is 0. The number of halogens is 2. The zero-order valence-corrected chi connectivity index (χ0v) is 9.17. The van der Waals surface area contributed by atoms with Crippen molar-refractivity contribution in [1.82, 2.24) is 0 Å². The van der Waals surface area contributed by atoms with Crippen LogP contribution in [0.3, 0.4) is 0 Å². The smallest absolute Gasteiger partial charge is 0.384 e. The Hall–Kier alpha value is -2.15. The Morgan fingerprint density at radius 1 is 1.24 bits per heavy atom. The molecule has 0 saturated heterocycles. The maximum absolute atomic E-state index is 12.6. The fourth-order valence-corrected chi connectivity index (χ4v) is 1.11. The summed E-state index contributed by atoms with van der Waals surface area (Å²) in [7, 11) is 0. The number of ether oxygens (including phenoxy) is 1. The third-order valence-electron chi connectivity index (χ3n) is 1.82. The monoisotopic (exact) mass is 236 g/mol. The molecule has 0 radical (unpaired) electrons. The van der Waals surface area contributed by atoms with Gasteiger partial charge in [-0.2, -0.15) is 8.78 Å². The molecule has 0 amide bonds. The largest absolute Gasteiger partial charge is 0.456 e. The van der Waals surface area contributed by atoms with Crippen molar-refractivity contribution in [3.8, 4) is 11.8 Å². The van der Waals surface area contributed by atoms with Crippen LogP contribution in [0, 0.1) is 11.8 Å². The minimum absolute atomic E-state index is 0.163. The van der Waals surface area contributed by atoms with Crippen LogP contribution >= 0.6 is 0 Å². The van der Waals surface area contributed by atoms with Gasteiger partial charge in [-0.1, -0.05) is 30.3 Å². The number of carbonyl (C=O) groups is 1. The van der Waals surface area contributed by atoms with Gasteiger partial charge in [0.2, 0.25) is 0 Å². The molecule has 0 N–H and O–H groups in total. The van der Waals surface area contributed by atoms with Crippen LogP contribution < -0.4 is 0 Å². The Kier molecular flexibility index (Phi) is 4.89. The van der Waals surface area contributed by atoms with Gasteiger partial charge in [0.25, 0.3) is 6.08 Å². The van der Waals surface area contributed by atoms with Crippen LogP contribution in [0.1, 0.15) is 12.5 Å². The lowest BCUT2D eigenvalue weighted by Gasteiger charge is -1.97. The lowest BCUT2D eigenvalue weighted by Crippen LogP contribution is -1.99. The molecule has 0 unspecified atom stereocenters. The minimum atomic E-state index is -1.92. The molecule has 1 rings (SSSR count). The molecule has 2 nitrogen and oxygen atoms in total. The average molecular weight is 236 g/mol. The molecule has 88 valence electrons. The quantitative estimate of drug-likeness (QED) is 0.448. The van der Waals surface area contributed by atoms with Crippen molar-refractivity contribution in [2.24, 2.45) is 0 Å². The Morgan fingerprint density at radius 3 is 2.41 bits per heavy atom. The lowest BCUT2D eigenvalue weighted by atomic mass is 10.1. The highest BCUT2D eigenvalue weighted by molar-refractivity contribution is 5.93. The van der Waals surface area contributed by atoms with Gasteiger partial charge in [-0.3, -0.25) is 0 Å². The second-order valence-electron chi connectivity index (χ2n) is 2.97. The number of allylic oxidation sites excluding steroid dienone is 1. The normalized spacial score (nSPS) is 8.88. The summed E-state index contributed by atoms with van der Waals surface area (Å²) in [4.78, 5) is 10.9. The Morgan fingerprint density at radius 2 is 1.88 bits per heavy atom. The van der Waals surface area contributed by atoms with E-state index in [2.05, 4.69) is 10.7 Å². The molecule has 0 aliphatic carbocycles. The van der Waals surface area contributed by atoms with E-state index < -0.39 is 17.6 Å². The van der Waals surface area contributed by atoms with Crippen molar-refractivity contribution in [1.29, 1.82) is 0 Å². The van der Waals surface area contributed by atoms with E-state index in [9.17, 15) is 13.6 Å². The molecule has 0 bridgehead atoms. The highest BCUT2D eigenvalue weighted by Gasteiger charge is 2.06. The first-order valence-corrected chi connectivity index (χ1v) is 4.94. The van der Waals surface area contributed by atoms with Crippen molar-refractivity contribution in [2.45, 2.75) is 6.92 Å². The van der Waals surface area contributed by atoms with E-state index in [0.717, 1.165) is 0 Å². The SMILES string of the molecule is CCOC(=O)C#CC(=C(F)F)c1ccccc1. The molecule has 0 atom stereocenters. The van der Waals surface area contributed by atoms with E-state index in [1.807, 2.05) is 5.92 Å². The Labute approximate surface area is 97.9 Å². The van der Waals surface area contributed by atoms with E-state index in [1.54, 1.807) is 25.1 Å². The van der Waals surface area contributed by atoms with Crippen LogP contribution in [0.5, 0.6) is 0 Å². The molecule has 0 heterocycles. The second-order valence-corrected chi connectivity index (χ2v) is 2.97. The van der Waals surface area contributed by atoms with Crippen molar-refractivity contribution < 1.29 is 18.3 Å². The van der Waals surface area contributed by atoms with Gasteiger partial charge < -0.3 is 4.74 Å². The molecule has 0 aromatic heterocycles. The first-order valence-electron chi connectivity index (χ1n) is 4.94. The predicted octanol–water partition coefficient (Wildman–Crippen LogP) is 2.86. The molecule has 0 fully saturated rings. The van der Waals surface area contributed by atoms with Crippen LogP contribution in [0.25, 0.3) is 5.57 Å². The molecular formula is C13H10F2O2. The Balaban J connectivity index is 2.99. The third-order valence-corrected chi connectivity index (χ3v) is 1.82. The minimum Gasteiger partial charge on any atom is -0.456 e. The van der Waals surface area contributed by atoms with Crippen LogP contribution in [0.15, 0.2) is 36.4 Å². The van der Waals surface area contributed by atoms with Gasteiger partial charge in [-0.15, -0.1) is 0 Å². The average Bonchev–Trinajstić information content (AvgIpc) is 2.30. The van der Waals surface area contributed by atoms with Gasteiger partial charge in [-0.25, -0.2) is 4.79 Å². The molecule has 0 aliphatic heterocycles. The highest BCUT2D eigenvalue weighted by atomic mass is 19.3. The molecule has 17 heavy (non-hydrogen) atoms. The number of benzene rings is 1. The van der Waals surface area contributed by atoms with Crippen molar-refractivity contribution in [3.63, 3.8) is 0 Å². The van der Waals surface area contributed by atoms with E-state index in [0.29, 0.717) is 0 Å². The molecule has 0 spiro atoms. The standard InChI is InChI=1S/C13H10F2O2/c1-2-17-12(16)9-8-11(13(14)15)10-6-4-3-5-7-10/h3-7H,2H2,1H3.